The van der Waals surface area contributed by atoms with E-state index in [1.165, 1.54) is 17.0 Å². The maximum absolute atomic E-state index is 13.0. The van der Waals surface area contributed by atoms with Gasteiger partial charge in [-0.25, -0.2) is 9.37 Å². The first-order valence-electron chi connectivity index (χ1n) is 5.41. The number of thiazole rings is 1. The monoisotopic (exact) mass is 251 g/mol. The van der Waals surface area contributed by atoms with Gasteiger partial charge < -0.3 is 11.1 Å². The number of nitrogens with one attached hydrogen (secondary N) is 1. The van der Waals surface area contributed by atoms with E-state index >= 15 is 0 Å². The van der Waals surface area contributed by atoms with Crippen LogP contribution in [0.1, 0.15) is 16.8 Å². The summed E-state index contributed by atoms with van der Waals surface area (Å²) in [4.78, 5) is 5.52. The van der Waals surface area contributed by atoms with Crippen LogP contribution in [0.4, 0.5) is 15.8 Å². The summed E-state index contributed by atoms with van der Waals surface area (Å²) in [5.74, 6) is -0.296. The minimum atomic E-state index is -0.296. The minimum Gasteiger partial charge on any atom is -0.397 e. The highest BCUT2D eigenvalue weighted by molar-refractivity contribution is 7.11. The van der Waals surface area contributed by atoms with E-state index in [2.05, 4.69) is 17.2 Å². The Balaban J connectivity index is 2.04. The lowest BCUT2D eigenvalue weighted by atomic mass is 10.2. The molecule has 0 aliphatic rings. The molecule has 0 amide bonds. The van der Waals surface area contributed by atoms with Gasteiger partial charge in [0.2, 0.25) is 0 Å². The Bertz CT molecular complexity index is 510. The zero-order valence-electron chi connectivity index (χ0n) is 9.53. The third kappa shape index (κ3) is 2.94. The fourth-order valence-corrected chi connectivity index (χ4v) is 2.25. The Morgan fingerprint density at radius 2 is 2.29 bits per heavy atom. The van der Waals surface area contributed by atoms with Crippen molar-refractivity contribution in [2.24, 2.45) is 0 Å². The van der Waals surface area contributed by atoms with Crippen LogP contribution < -0.4 is 11.1 Å². The van der Waals surface area contributed by atoms with Gasteiger partial charge in [-0.1, -0.05) is 6.92 Å². The van der Waals surface area contributed by atoms with Crippen molar-refractivity contribution in [3.63, 3.8) is 0 Å². The molecule has 2 aromatic rings. The number of hydrogen-bond donors (Lipinski definition) is 2. The number of nitrogen functional groups attached to an aromatic ring is 1. The summed E-state index contributed by atoms with van der Waals surface area (Å²) in [6.07, 6.45) is 2.86. The highest BCUT2D eigenvalue weighted by atomic mass is 32.1. The average molecular weight is 251 g/mol. The molecule has 5 heteroatoms. The molecular formula is C12H14FN3S. The van der Waals surface area contributed by atoms with Gasteiger partial charge in [-0.15, -0.1) is 11.3 Å². The van der Waals surface area contributed by atoms with E-state index in [-0.39, 0.29) is 5.82 Å². The maximum Gasteiger partial charge on any atom is 0.125 e. The van der Waals surface area contributed by atoms with Crippen molar-refractivity contribution in [2.75, 3.05) is 11.1 Å². The van der Waals surface area contributed by atoms with Gasteiger partial charge in [-0.2, -0.15) is 0 Å². The van der Waals surface area contributed by atoms with Gasteiger partial charge in [0.05, 0.1) is 17.9 Å². The highest BCUT2D eigenvalue weighted by Gasteiger charge is 2.03. The van der Waals surface area contributed by atoms with Crippen molar-refractivity contribution in [1.82, 2.24) is 4.98 Å². The van der Waals surface area contributed by atoms with E-state index in [9.17, 15) is 4.39 Å². The molecule has 3 nitrogen and oxygen atoms in total. The Kier molecular flexibility index (Phi) is 3.58. The van der Waals surface area contributed by atoms with E-state index in [1.807, 2.05) is 6.20 Å². The van der Waals surface area contributed by atoms with Crippen LogP contribution in [0, 0.1) is 5.82 Å². The van der Waals surface area contributed by atoms with E-state index < -0.39 is 0 Å². The number of anilines is 2. The molecule has 0 spiro atoms. The molecule has 1 heterocycles. The molecule has 0 unspecified atom stereocenters. The molecule has 3 N–H and O–H groups in total. The fraction of sp³-hybridized carbons (Fsp3) is 0.250. The van der Waals surface area contributed by atoms with Gasteiger partial charge in [0.15, 0.2) is 0 Å². The Labute approximate surface area is 103 Å². The first-order chi connectivity index (χ1) is 8.19. The molecule has 90 valence electrons. The van der Waals surface area contributed by atoms with Gasteiger partial charge in [0.1, 0.15) is 10.8 Å². The third-order valence-corrected chi connectivity index (χ3v) is 3.54. The summed E-state index contributed by atoms with van der Waals surface area (Å²) < 4.78 is 13.0. The van der Waals surface area contributed by atoms with Crippen LogP contribution in [0.5, 0.6) is 0 Å². The fourth-order valence-electron chi connectivity index (χ4n) is 1.45. The number of nitrogens with zero attached hydrogens (tertiary/aromatic N) is 1. The summed E-state index contributed by atoms with van der Waals surface area (Å²) in [5.41, 5.74) is 6.89. The van der Waals surface area contributed by atoms with Crippen molar-refractivity contribution >= 4 is 22.7 Å². The maximum atomic E-state index is 13.0. The topological polar surface area (TPSA) is 50.9 Å². The van der Waals surface area contributed by atoms with E-state index in [4.69, 9.17) is 5.73 Å². The van der Waals surface area contributed by atoms with Crippen molar-refractivity contribution in [3.05, 3.63) is 40.1 Å². The Hall–Kier alpha value is -1.62. The molecule has 0 aliphatic heterocycles. The minimum absolute atomic E-state index is 0.296. The van der Waals surface area contributed by atoms with Gasteiger partial charge >= 0.3 is 0 Å². The van der Waals surface area contributed by atoms with Crippen molar-refractivity contribution in [2.45, 2.75) is 19.9 Å². The zero-order valence-corrected chi connectivity index (χ0v) is 10.4. The lowest BCUT2D eigenvalue weighted by molar-refractivity contribution is 0.628. The largest absolute Gasteiger partial charge is 0.397 e. The molecule has 0 fully saturated rings. The molecular weight excluding hydrogens is 237 g/mol. The number of aromatic nitrogens is 1. The molecule has 0 saturated carbocycles. The average Bonchev–Trinajstić information content (AvgIpc) is 2.78. The lowest BCUT2D eigenvalue weighted by Crippen LogP contribution is -2.02. The van der Waals surface area contributed by atoms with Crippen LogP contribution >= 0.6 is 11.3 Å². The predicted octanol–water partition coefficient (Wildman–Crippen LogP) is 3.04. The predicted molar refractivity (Wildman–Crippen MR) is 69.6 cm³/mol. The molecule has 0 saturated heterocycles. The number of benzene rings is 1. The quantitative estimate of drug-likeness (QED) is 0.821. The molecule has 2 rings (SSSR count). The molecule has 0 aliphatic carbocycles. The summed E-state index contributed by atoms with van der Waals surface area (Å²) in [6.45, 7) is 2.66. The number of nitrogens with two attached hydrogens (primary N) is 1. The standard InChI is InChI=1S/C12H14FN3S/c1-2-9-6-16-12(17-9)7-15-11-5-8(13)3-4-10(11)14/h3-6,15H,2,7,14H2,1H3. The normalized spacial score (nSPS) is 10.5. The highest BCUT2D eigenvalue weighted by Crippen LogP contribution is 2.21. The van der Waals surface area contributed by atoms with Crippen LogP contribution in [0.15, 0.2) is 24.4 Å². The molecule has 0 radical (unpaired) electrons. The van der Waals surface area contributed by atoms with Crippen molar-refractivity contribution < 1.29 is 4.39 Å². The number of rotatable bonds is 4. The van der Waals surface area contributed by atoms with Crippen LogP contribution in [0.2, 0.25) is 0 Å². The van der Waals surface area contributed by atoms with Gasteiger partial charge in [-0.05, 0) is 24.6 Å². The first kappa shape index (κ1) is 11.9. The van der Waals surface area contributed by atoms with E-state index in [1.54, 1.807) is 17.4 Å². The van der Waals surface area contributed by atoms with E-state index in [0.29, 0.717) is 17.9 Å². The smallest absolute Gasteiger partial charge is 0.125 e. The third-order valence-electron chi connectivity index (χ3n) is 2.40. The number of hydrogen-bond acceptors (Lipinski definition) is 4. The van der Waals surface area contributed by atoms with Gasteiger partial charge in [0, 0.05) is 11.1 Å². The molecule has 1 aromatic heterocycles. The van der Waals surface area contributed by atoms with E-state index in [0.717, 1.165) is 11.4 Å². The number of halogens is 1. The molecule has 0 bridgehead atoms. The van der Waals surface area contributed by atoms with Gasteiger partial charge in [0.25, 0.3) is 0 Å². The van der Waals surface area contributed by atoms with Crippen LogP contribution in [0.25, 0.3) is 0 Å². The van der Waals surface area contributed by atoms with Crippen molar-refractivity contribution in [1.29, 1.82) is 0 Å². The molecule has 1 aromatic carbocycles. The Morgan fingerprint density at radius 1 is 1.47 bits per heavy atom. The summed E-state index contributed by atoms with van der Waals surface area (Å²) in [7, 11) is 0. The summed E-state index contributed by atoms with van der Waals surface area (Å²) in [6, 6.07) is 4.29. The van der Waals surface area contributed by atoms with Crippen LogP contribution in [-0.2, 0) is 13.0 Å². The zero-order chi connectivity index (χ0) is 12.3. The second kappa shape index (κ2) is 5.14. The summed E-state index contributed by atoms with van der Waals surface area (Å²) >= 11 is 1.65. The van der Waals surface area contributed by atoms with Crippen LogP contribution in [0.3, 0.4) is 0 Å². The Morgan fingerprint density at radius 3 is 3.00 bits per heavy atom. The van der Waals surface area contributed by atoms with Gasteiger partial charge in [-0.3, -0.25) is 0 Å². The number of aryl methyl sites for hydroxylation is 1. The molecule has 0 atom stereocenters. The lowest BCUT2D eigenvalue weighted by Gasteiger charge is -2.07. The summed E-state index contributed by atoms with van der Waals surface area (Å²) in [5, 5.41) is 4.07. The second-order valence-corrected chi connectivity index (χ2v) is 4.86. The SMILES string of the molecule is CCc1cnc(CNc2cc(F)ccc2N)s1. The first-order valence-corrected chi connectivity index (χ1v) is 6.23. The van der Waals surface area contributed by atoms with Crippen LogP contribution in [-0.4, -0.2) is 4.98 Å². The van der Waals surface area contributed by atoms with Crippen molar-refractivity contribution in [3.8, 4) is 0 Å². The molecule has 17 heavy (non-hydrogen) atoms. The second-order valence-electron chi connectivity index (χ2n) is 3.66.